The maximum atomic E-state index is 11.8. The van der Waals surface area contributed by atoms with Gasteiger partial charge in [0.2, 0.25) is 0 Å². The molecule has 6 atom stereocenters. The summed E-state index contributed by atoms with van der Waals surface area (Å²) >= 11 is 0. The van der Waals surface area contributed by atoms with Crippen molar-refractivity contribution in [2.45, 2.75) is 43.5 Å². The Labute approximate surface area is 116 Å². The van der Waals surface area contributed by atoms with Crippen LogP contribution in [0.1, 0.15) is 12.8 Å². The number of hydrogen-bond acceptors (Lipinski definition) is 8. The third-order valence-corrected chi connectivity index (χ3v) is 3.71. The molecule has 2 heterocycles. The monoisotopic (exact) mass is 291 g/mol. The highest BCUT2D eigenvalue weighted by Crippen LogP contribution is 2.20. The third-order valence-electron chi connectivity index (χ3n) is 3.71. The fourth-order valence-corrected chi connectivity index (χ4v) is 2.40. The van der Waals surface area contributed by atoms with Gasteiger partial charge in [-0.1, -0.05) is 0 Å². The number of rotatable bonds is 3. The van der Waals surface area contributed by atoms with Crippen LogP contribution >= 0.6 is 0 Å². The van der Waals surface area contributed by atoms with Gasteiger partial charge in [0.05, 0.1) is 5.92 Å². The van der Waals surface area contributed by atoms with Gasteiger partial charge in [-0.15, -0.1) is 0 Å². The Hall–Kier alpha value is -0.770. The summed E-state index contributed by atoms with van der Waals surface area (Å²) in [4.78, 5) is 11.8. The minimum absolute atomic E-state index is 0.232. The first-order valence-electron chi connectivity index (χ1n) is 6.75. The van der Waals surface area contributed by atoms with Crippen LogP contribution in [0, 0.1) is 5.92 Å². The van der Waals surface area contributed by atoms with Crippen molar-refractivity contribution in [3.05, 3.63) is 0 Å². The number of nitrogens with one attached hydrogen (secondary N) is 1. The van der Waals surface area contributed by atoms with E-state index in [2.05, 4.69) is 5.32 Å². The predicted octanol–water partition coefficient (Wildman–Crippen LogP) is -2.67. The average molecular weight is 291 g/mol. The fourth-order valence-electron chi connectivity index (χ4n) is 2.40. The normalized spacial score (nSPS) is 42.2. The lowest BCUT2D eigenvalue weighted by Gasteiger charge is -2.38. The van der Waals surface area contributed by atoms with Crippen molar-refractivity contribution in [1.82, 2.24) is 5.32 Å². The van der Waals surface area contributed by atoms with Crippen LogP contribution in [0.4, 0.5) is 0 Å². The van der Waals surface area contributed by atoms with Crippen LogP contribution in [0.3, 0.4) is 0 Å². The number of esters is 1. The van der Waals surface area contributed by atoms with Gasteiger partial charge in [0.25, 0.3) is 0 Å². The van der Waals surface area contributed by atoms with E-state index >= 15 is 0 Å². The topological polar surface area (TPSA) is 128 Å². The first-order chi connectivity index (χ1) is 9.50. The van der Waals surface area contributed by atoms with Crippen molar-refractivity contribution in [1.29, 1.82) is 0 Å². The fraction of sp³-hybridized carbons (Fsp3) is 0.917. The van der Waals surface area contributed by atoms with Crippen LogP contribution in [-0.4, -0.2) is 76.8 Å². The summed E-state index contributed by atoms with van der Waals surface area (Å²) in [7, 11) is 0. The summed E-state index contributed by atoms with van der Waals surface area (Å²) in [5, 5.41) is 41.0. The summed E-state index contributed by atoms with van der Waals surface area (Å²) in [5.41, 5.74) is 0. The van der Waals surface area contributed by atoms with Gasteiger partial charge >= 0.3 is 5.97 Å². The molecule has 116 valence electrons. The minimum atomic E-state index is -1.62. The van der Waals surface area contributed by atoms with E-state index in [1.807, 2.05) is 0 Å². The molecule has 2 fully saturated rings. The molecule has 8 heteroatoms. The number of carbonyl (C=O) groups excluding carboxylic acids is 1. The van der Waals surface area contributed by atoms with E-state index in [-0.39, 0.29) is 12.5 Å². The predicted molar refractivity (Wildman–Crippen MR) is 65.5 cm³/mol. The molecular weight excluding hydrogens is 270 g/mol. The molecule has 0 spiro atoms. The van der Waals surface area contributed by atoms with Crippen molar-refractivity contribution < 1.29 is 34.7 Å². The van der Waals surface area contributed by atoms with Gasteiger partial charge in [-0.3, -0.25) is 4.79 Å². The van der Waals surface area contributed by atoms with E-state index in [1.165, 1.54) is 0 Å². The average Bonchev–Trinajstić information content (AvgIpc) is 2.48. The highest BCUT2D eigenvalue weighted by Gasteiger charge is 2.43. The quantitative estimate of drug-likeness (QED) is 0.356. The molecule has 0 aromatic carbocycles. The molecule has 0 aromatic heterocycles. The van der Waals surface area contributed by atoms with Gasteiger partial charge in [-0.2, -0.15) is 0 Å². The second-order valence-electron chi connectivity index (χ2n) is 5.21. The number of aliphatic hydroxyl groups excluding tert-OH is 4. The highest BCUT2D eigenvalue weighted by atomic mass is 16.6. The Kier molecular flexibility index (Phi) is 5.30. The molecular formula is C12H21NO7. The Balaban J connectivity index is 1.82. The molecule has 5 N–H and O–H groups in total. The van der Waals surface area contributed by atoms with Crippen molar-refractivity contribution in [2.75, 3.05) is 19.7 Å². The van der Waals surface area contributed by atoms with Gasteiger partial charge in [0.15, 0.2) is 6.29 Å². The van der Waals surface area contributed by atoms with E-state index in [9.17, 15) is 25.2 Å². The van der Waals surface area contributed by atoms with E-state index in [4.69, 9.17) is 9.47 Å². The molecule has 0 amide bonds. The van der Waals surface area contributed by atoms with Gasteiger partial charge in [0.1, 0.15) is 31.0 Å². The maximum absolute atomic E-state index is 11.8. The van der Waals surface area contributed by atoms with Crippen molar-refractivity contribution >= 4 is 5.97 Å². The van der Waals surface area contributed by atoms with Gasteiger partial charge in [-0.25, -0.2) is 0 Å². The Morgan fingerprint density at radius 3 is 2.60 bits per heavy atom. The number of aliphatic hydroxyl groups is 4. The van der Waals surface area contributed by atoms with Crippen LogP contribution < -0.4 is 5.32 Å². The molecule has 2 rings (SSSR count). The van der Waals surface area contributed by atoms with E-state index in [1.54, 1.807) is 0 Å². The lowest BCUT2D eigenvalue weighted by molar-refractivity contribution is -0.287. The zero-order chi connectivity index (χ0) is 14.7. The minimum Gasteiger partial charge on any atom is -0.463 e. The van der Waals surface area contributed by atoms with E-state index in [0.717, 1.165) is 19.4 Å². The van der Waals surface area contributed by atoms with Gasteiger partial charge in [-0.05, 0) is 19.4 Å². The highest BCUT2D eigenvalue weighted by molar-refractivity contribution is 5.72. The molecule has 0 bridgehead atoms. The summed E-state index contributed by atoms with van der Waals surface area (Å²) in [6.07, 6.45) is -5.60. The zero-order valence-corrected chi connectivity index (χ0v) is 11.0. The number of carbonyl (C=O) groups is 1. The summed E-state index contributed by atoms with van der Waals surface area (Å²) in [6.45, 7) is 1.15. The van der Waals surface area contributed by atoms with Crippen LogP contribution in [0.5, 0.6) is 0 Å². The van der Waals surface area contributed by atoms with Gasteiger partial charge in [0, 0.05) is 6.54 Å². The number of hydrogen-bond donors (Lipinski definition) is 5. The smallest absolute Gasteiger partial charge is 0.310 e. The Morgan fingerprint density at radius 1 is 1.20 bits per heavy atom. The van der Waals surface area contributed by atoms with Gasteiger partial charge < -0.3 is 35.2 Å². The summed E-state index contributed by atoms with van der Waals surface area (Å²) < 4.78 is 9.98. The van der Waals surface area contributed by atoms with Crippen molar-refractivity contribution in [2.24, 2.45) is 5.92 Å². The number of piperidine rings is 1. The first-order valence-corrected chi connectivity index (χ1v) is 6.75. The largest absolute Gasteiger partial charge is 0.463 e. The van der Waals surface area contributed by atoms with E-state index in [0.29, 0.717) is 6.54 Å². The zero-order valence-electron chi connectivity index (χ0n) is 11.0. The van der Waals surface area contributed by atoms with Crippen molar-refractivity contribution in [3.63, 3.8) is 0 Å². The third kappa shape index (κ3) is 3.46. The molecule has 1 unspecified atom stereocenters. The Morgan fingerprint density at radius 2 is 1.95 bits per heavy atom. The number of ether oxygens (including phenoxy) is 2. The van der Waals surface area contributed by atoms with Crippen LogP contribution in [0.25, 0.3) is 0 Å². The molecule has 2 saturated heterocycles. The molecule has 0 radical (unpaired) electrons. The summed E-state index contributed by atoms with van der Waals surface area (Å²) in [5.74, 6) is -0.631. The summed E-state index contributed by atoms with van der Waals surface area (Å²) in [6, 6.07) is 0. The van der Waals surface area contributed by atoms with Crippen LogP contribution in [-0.2, 0) is 14.3 Å². The maximum Gasteiger partial charge on any atom is 0.310 e. The molecule has 0 saturated carbocycles. The molecule has 8 nitrogen and oxygen atoms in total. The van der Waals surface area contributed by atoms with E-state index < -0.39 is 36.7 Å². The first kappa shape index (κ1) is 15.6. The van der Waals surface area contributed by atoms with Crippen molar-refractivity contribution in [3.8, 4) is 0 Å². The van der Waals surface area contributed by atoms with Crippen LogP contribution in [0.15, 0.2) is 0 Å². The molecule has 2 aliphatic heterocycles. The Bertz CT molecular complexity index is 334. The lowest BCUT2D eigenvalue weighted by Crippen LogP contribution is -2.58. The lowest BCUT2D eigenvalue weighted by atomic mass is 9.99. The second kappa shape index (κ2) is 6.79. The molecule has 0 aliphatic carbocycles. The molecule has 20 heavy (non-hydrogen) atoms. The molecule has 2 aliphatic rings. The molecule has 0 aromatic rings. The SMILES string of the molecule is O=C(OC[C@H]1O[C@H](O)[C@H](O)[C@@H](O)[C@H]1O)C1CCCNC1. The second-order valence-corrected chi connectivity index (χ2v) is 5.21. The van der Waals surface area contributed by atoms with Crippen LogP contribution in [0.2, 0.25) is 0 Å². The standard InChI is InChI=1S/C12H21NO7/c14-8-7(20-12(18)10(16)9(8)15)5-19-11(17)6-2-1-3-13-4-6/h6-10,12-16,18H,1-5H2/t6?,7-,8+,9+,10-,12+/m1/s1.